The molecule has 0 saturated heterocycles. The number of halogens is 4. The molecule has 1 heterocycles. The first kappa shape index (κ1) is 13.7. The van der Waals surface area contributed by atoms with Crippen LogP contribution in [-0.4, -0.2) is 17.5 Å². The normalized spacial score (nSPS) is 15.7. The van der Waals surface area contributed by atoms with Crippen molar-refractivity contribution in [3.63, 3.8) is 0 Å². The molecule has 7 heteroatoms. The van der Waals surface area contributed by atoms with Gasteiger partial charge in [0.15, 0.2) is 0 Å². The monoisotopic (exact) mass is 291 g/mol. The van der Waals surface area contributed by atoms with E-state index in [1.54, 1.807) is 0 Å². The van der Waals surface area contributed by atoms with Gasteiger partial charge < -0.3 is 4.84 Å². The Labute approximate surface area is 112 Å². The first-order valence-corrected chi connectivity index (χ1v) is 5.70. The Morgan fingerprint density at radius 1 is 1.37 bits per heavy atom. The molecule has 1 aliphatic heterocycles. The van der Waals surface area contributed by atoms with E-state index in [0.717, 1.165) is 17.2 Å². The lowest BCUT2D eigenvalue weighted by Crippen LogP contribution is -2.29. The minimum absolute atomic E-state index is 0.0571. The third-order valence-corrected chi connectivity index (χ3v) is 2.99. The highest BCUT2D eigenvalue weighted by Crippen LogP contribution is 2.33. The average Bonchev–Trinajstić information content (AvgIpc) is 2.68. The third kappa shape index (κ3) is 2.68. The van der Waals surface area contributed by atoms with Crippen molar-refractivity contribution in [2.24, 2.45) is 0 Å². The predicted molar refractivity (Wildman–Crippen MR) is 62.1 cm³/mol. The van der Waals surface area contributed by atoms with Gasteiger partial charge in [0.1, 0.15) is 5.76 Å². The topological polar surface area (TPSA) is 29.5 Å². The molecule has 0 fully saturated rings. The molecule has 1 amide bonds. The molecule has 3 nitrogen and oxygen atoms in total. The van der Waals surface area contributed by atoms with E-state index in [2.05, 4.69) is 0 Å². The van der Waals surface area contributed by atoms with Gasteiger partial charge in [-0.15, -0.1) is 0 Å². The molecule has 0 atom stereocenters. The summed E-state index contributed by atoms with van der Waals surface area (Å²) in [4.78, 5) is 17.0. The molecule has 1 aromatic carbocycles. The summed E-state index contributed by atoms with van der Waals surface area (Å²) in [6.45, 7) is 1.48. The fourth-order valence-electron chi connectivity index (χ4n) is 1.65. The molecule has 0 unspecified atom stereocenters. The molecular formula is C12H9ClF3NO2. The van der Waals surface area contributed by atoms with Gasteiger partial charge in [0.2, 0.25) is 0 Å². The number of carbonyl (C=O) groups is 1. The van der Waals surface area contributed by atoms with Crippen molar-refractivity contribution in [3.05, 3.63) is 46.2 Å². The maximum absolute atomic E-state index is 12.8. The number of amides is 1. The number of carbonyl (C=O) groups excluding carboxylic acids is 1. The van der Waals surface area contributed by atoms with Crippen LogP contribution in [0.1, 0.15) is 22.8 Å². The largest absolute Gasteiger partial charge is 0.417 e. The SMILES string of the molecule is CC1=C(Cl)CN(C(=O)c2ccccc2C(F)(F)F)O1. The van der Waals surface area contributed by atoms with Gasteiger partial charge in [-0.1, -0.05) is 23.7 Å². The lowest BCUT2D eigenvalue weighted by molar-refractivity contribution is -0.138. The molecule has 0 aromatic heterocycles. The first-order valence-electron chi connectivity index (χ1n) is 5.32. The van der Waals surface area contributed by atoms with Gasteiger partial charge in [-0.25, -0.2) is 0 Å². The quantitative estimate of drug-likeness (QED) is 0.792. The number of alkyl halides is 3. The van der Waals surface area contributed by atoms with Crippen molar-refractivity contribution in [1.82, 2.24) is 5.06 Å². The summed E-state index contributed by atoms with van der Waals surface area (Å²) in [5, 5.41) is 1.10. The molecule has 1 aromatic rings. The van der Waals surface area contributed by atoms with Crippen molar-refractivity contribution in [2.75, 3.05) is 6.54 Å². The molecule has 19 heavy (non-hydrogen) atoms. The van der Waals surface area contributed by atoms with Crippen molar-refractivity contribution < 1.29 is 22.8 Å². The van der Waals surface area contributed by atoms with Crippen molar-refractivity contribution in [2.45, 2.75) is 13.1 Å². The minimum Gasteiger partial charge on any atom is -0.380 e. The van der Waals surface area contributed by atoms with Crippen molar-refractivity contribution >= 4 is 17.5 Å². The van der Waals surface area contributed by atoms with Crippen LogP contribution in [0.25, 0.3) is 0 Å². The van der Waals surface area contributed by atoms with Crippen molar-refractivity contribution in [1.29, 1.82) is 0 Å². The smallest absolute Gasteiger partial charge is 0.380 e. The maximum Gasteiger partial charge on any atom is 0.417 e. The zero-order valence-corrected chi connectivity index (χ0v) is 10.5. The van der Waals surface area contributed by atoms with Crippen molar-refractivity contribution in [3.8, 4) is 0 Å². The summed E-state index contributed by atoms with van der Waals surface area (Å²) in [5.74, 6) is -0.567. The van der Waals surface area contributed by atoms with Crippen LogP contribution in [-0.2, 0) is 11.0 Å². The second kappa shape index (κ2) is 4.77. The average molecular weight is 292 g/mol. The van der Waals surface area contributed by atoms with E-state index in [4.69, 9.17) is 16.4 Å². The van der Waals surface area contributed by atoms with Crippen LogP contribution in [0, 0.1) is 0 Å². The van der Waals surface area contributed by atoms with Gasteiger partial charge in [0.05, 0.1) is 22.7 Å². The molecule has 102 valence electrons. The summed E-state index contributed by atoms with van der Waals surface area (Å²) >= 11 is 5.76. The van der Waals surface area contributed by atoms with E-state index in [1.165, 1.54) is 19.1 Å². The van der Waals surface area contributed by atoms with E-state index in [9.17, 15) is 18.0 Å². The lowest BCUT2D eigenvalue weighted by atomic mass is 10.1. The number of hydrogen-bond acceptors (Lipinski definition) is 2. The summed E-state index contributed by atoms with van der Waals surface area (Å²) in [6, 6.07) is 4.54. The predicted octanol–water partition coefficient (Wildman–Crippen LogP) is 3.56. The molecule has 0 aliphatic carbocycles. The fraction of sp³-hybridized carbons (Fsp3) is 0.250. The Morgan fingerprint density at radius 2 is 2.00 bits per heavy atom. The highest BCUT2D eigenvalue weighted by Gasteiger charge is 2.37. The summed E-state index contributed by atoms with van der Waals surface area (Å²) < 4.78 is 38.4. The number of nitrogens with zero attached hydrogens (tertiary/aromatic N) is 1. The molecule has 0 N–H and O–H groups in total. The van der Waals surface area contributed by atoms with E-state index in [-0.39, 0.29) is 11.6 Å². The number of hydrogen-bond donors (Lipinski definition) is 0. The van der Waals surface area contributed by atoms with E-state index < -0.39 is 23.2 Å². The molecular weight excluding hydrogens is 283 g/mol. The van der Waals surface area contributed by atoms with Gasteiger partial charge in [-0.05, 0) is 19.1 Å². The Hall–Kier alpha value is -1.69. The third-order valence-electron chi connectivity index (χ3n) is 2.60. The molecule has 0 radical (unpaired) electrons. The van der Waals surface area contributed by atoms with Gasteiger partial charge in [-0.2, -0.15) is 18.2 Å². The molecule has 0 spiro atoms. The van der Waals surface area contributed by atoms with Gasteiger partial charge in [-0.3, -0.25) is 4.79 Å². The summed E-state index contributed by atoms with van der Waals surface area (Å²) in [7, 11) is 0. The lowest BCUT2D eigenvalue weighted by Gasteiger charge is -2.18. The second-order valence-corrected chi connectivity index (χ2v) is 4.39. The number of hydroxylamine groups is 2. The zero-order chi connectivity index (χ0) is 14.2. The minimum atomic E-state index is -4.60. The second-order valence-electron chi connectivity index (χ2n) is 3.94. The van der Waals surface area contributed by atoms with Gasteiger partial charge >= 0.3 is 6.18 Å². The standard InChI is InChI=1S/C12H9ClF3NO2/c1-7-10(13)6-17(19-7)11(18)8-4-2-3-5-9(8)12(14,15)16/h2-5H,6H2,1H3. The Morgan fingerprint density at radius 3 is 2.53 bits per heavy atom. The highest BCUT2D eigenvalue weighted by atomic mass is 35.5. The maximum atomic E-state index is 12.8. The zero-order valence-electron chi connectivity index (χ0n) is 9.79. The number of rotatable bonds is 1. The van der Waals surface area contributed by atoms with Gasteiger partial charge in [0, 0.05) is 0 Å². The van der Waals surface area contributed by atoms with E-state index >= 15 is 0 Å². The Kier molecular flexibility index (Phi) is 3.45. The molecule has 0 bridgehead atoms. The van der Waals surface area contributed by atoms with Crippen LogP contribution >= 0.6 is 11.6 Å². The van der Waals surface area contributed by atoms with Crippen LogP contribution in [0.2, 0.25) is 0 Å². The van der Waals surface area contributed by atoms with Crippen LogP contribution in [0.4, 0.5) is 13.2 Å². The van der Waals surface area contributed by atoms with Crippen LogP contribution in [0.3, 0.4) is 0 Å². The summed E-state index contributed by atoms with van der Waals surface area (Å²) in [5.41, 5.74) is -1.46. The number of allylic oxidation sites excluding steroid dienone is 1. The van der Waals surface area contributed by atoms with Crippen LogP contribution in [0.15, 0.2) is 35.1 Å². The summed E-state index contributed by atoms with van der Waals surface area (Å²) in [6.07, 6.45) is -4.60. The number of benzene rings is 1. The van der Waals surface area contributed by atoms with Crippen LogP contribution < -0.4 is 0 Å². The fourth-order valence-corrected chi connectivity index (χ4v) is 1.79. The van der Waals surface area contributed by atoms with E-state index in [1.807, 2.05) is 0 Å². The Balaban J connectivity index is 2.31. The highest BCUT2D eigenvalue weighted by molar-refractivity contribution is 6.30. The van der Waals surface area contributed by atoms with Crippen LogP contribution in [0.5, 0.6) is 0 Å². The Bertz CT molecular complexity index is 540. The molecule has 2 rings (SSSR count). The van der Waals surface area contributed by atoms with Gasteiger partial charge in [0.25, 0.3) is 5.91 Å². The molecule has 1 aliphatic rings. The van der Waals surface area contributed by atoms with E-state index in [0.29, 0.717) is 5.76 Å². The first-order chi connectivity index (χ1) is 8.80. The molecule has 0 saturated carbocycles.